The van der Waals surface area contributed by atoms with Gasteiger partial charge in [-0.25, -0.2) is 0 Å². The predicted molar refractivity (Wildman–Crippen MR) is 70.0 cm³/mol. The summed E-state index contributed by atoms with van der Waals surface area (Å²) in [6.07, 6.45) is 1.24. The molecular weight excluding hydrogens is 212 g/mol. The molecule has 3 nitrogen and oxygen atoms in total. The second-order valence-corrected chi connectivity index (χ2v) is 6.17. The number of Topliss-reactive ketones (excluding diaryl/α,β-unsaturated/α-hetero) is 1. The number of hydrogen-bond acceptors (Lipinski definition) is 3. The van der Waals surface area contributed by atoms with E-state index in [2.05, 4.69) is 37.5 Å². The summed E-state index contributed by atoms with van der Waals surface area (Å²) in [6, 6.07) is 0.626. The summed E-state index contributed by atoms with van der Waals surface area (Å²) < 4.78 is 0. The van der Waals surface area contributed by atoms with Gasteiger partial charge in [-0.1, -0.05) is 20.8 Å². The van der Waals surface area contributed by atoms with E-state index in [1.165, 1.54) is 6.42 Å². The highest BCUT2D eigenvalue weighted by Gasteiger charge is 2.45. The van der Waals surface area contributed by atoms with E-state index >= 15 is 0 Å². The van der Waals surface area contributed by atoms with Crippen molar-refractivity contribution in [1.29, 1.82) is 0 Å². The molecule has 2 heterocycles. The Bertz CT molecular complexity index is 290. The zero-order valence-electron chi connectivity index (χ0n) is 11.6. The Morgan fingerprint density at radius 2 is 2.00 bits per heavy atom. The van der Waals surface area contributed by atoms with E-state index in [1.54, 1.807) is 0 Å². The molecule has 2 rings (SSSR count). The third kappa shape index (κ3) is 2.55. The van der Waals surface area contributed by atoms with E-state index in [0.717, 1.165) is 32.1 Å². The Morgan fingerprint density at radius 1 is 1.29 bits per heavy atom. The summed E-state index contributed by atoms with van der Waals surface area (Å²) in [7, 11) is 0. The lowest BCUT2D eigenvalue weighted by Crippen LogP contribution is -2.53. The molecule has 2 aliphatic heterocycles. The van der Waals surface area contributed by atoms with Crippen LogP contribution in [0.1, 0.15) is 34.1 Å². The first-order valence-electron chi connectivity index (χ1n) is 7.02. The highest BCUT2D eigenvalue weighted by atomic mass is 16.1. The normalized spacial score (nSPS) is 35.6. The van der Waals surface area contributed by atoms with Crippen LogP contribution in [0.25, 0.3) is 0 Å². The first kappa shape index (κ1) is 13.0. The minimum atomic E-state index is 0.181. The van der Waals surface area contributed by atoms with Crippen molar-refractivity contribution in [3.63, 3.8) is 0 Å². The van der Waals surface area contributed by atoms with Crippen LogP contribution in [0.3, 0.4) is 0 Å². The van der Waals surface area contributed by atoms with Crippen LogP contribution in [0, 0.1) is 11.8 Å². The van der Waals surface area contributed by atoms with Crippen molar-refractivity contribution in [3.05, 3.63) is 0 Å². The second kappa shape index (κ2) is 5.07. The SMILES string of the molecule is CC(C)CCN1CCN2C(C)C(C)C(=O)[C@@H]2C1. The molecule has 0 amide bonds. The lowest BCUT2D eigenvalue weighted by Gasteiger charge is -2.38. The largest absolute Gasteiger partial charge is 0.300 e. The Labute approximate surface area is 105 Å². The number of ketones is 1. The highest BCUT2D eigenvalue weighted by molar-refractivity contribution is 5.89. The molecule has 2 saturated heterocycles. The lowest BCUT2D eigenvalue weighted by molar-refractivity contribution is -0.123. The van der Waals surface area contributed by atoms with Gasteiger partial charge in [0.05, 0.1) is 6.04 Å². The van der Waals surface area contributed by atoms with Crippen molar-refractivity contribution in [2.75, 3.05) is 26.2 Å². The van der Waals surface area contributed by atoms with Crippen molar-refractivity contribution in [1.82, 2.24) is 9.80 Å². The number of nitrogens with zero attached hydrogens (tertiary/aromatic N) is 2. The second-order valence-electron chi connectivity index (χ2n) is 6.17. The molecule has 2 unspecified atom stereocenters. The van der Waals surface area contributed by atoms with Crippen molar-refractivity contribution in [2.45, 2.75) is 46.2 Å². The quantitative estimate of drug-likeness (QED) is 0.746. The van der Waals surface area contributed by atoms with E-state index in [1.807, 2.05) is 0 Å². The van der Waals surface area contributed by atoms with E-state index in [9.17, 15) is 4.79 Å². The molecule has 0 radical (unpaired) electrons. The van der Waals surface area contributed by atoms with Gasteiger partial charge in [0.2, 0.25) is 0 Å². The Morgan fingerprint density at radius 3 is 2.65 bits per heavy atom. The van der Waals surface area contributed by atoms with Crippen molar-refractivity contribution < 1.29 is 4.79 Å². The third-order valence-electron chi connectivity index (χ3n) is 4.55. The van der Waals surface area contributed by atoms with Gasteiger partial charge < -0.3 is 4.90 Å². The van der Waals surface area contributed by atoms with Gasteiger partial charge in [0, 0.05) is 31.6 Å². The molecule has 0 aromatic carbocycles. The van der Waals surface area contributed by atoms with Gasteiger partial charge in [0.15, 0.2) is 5.78 Å². The molecule has 2 fully saturated rings. The maximum Gasteiger partial charge on any atom is 0.155 e. The number of rotatable bonds is 3. The van der Waals surface area contributed by atoms with Gasteiger partial charge in [0.25, 0.3) is 0 Å². The first-order valence-corrected chi connectivity index (χ1v) is 7.02. The van der Waals surface area contributed by atoms with Gasteiger partial charge in [0.1, 0.15) is 0 Å². The summed E-state index contributed by atoms with van der Waals surface area (Å²) in [5, 5.41) is 0. The van der Waals surface area contributed by atoms with Crippen LogP contribution in [0.5, 0.6) is 0 Å². The molecule has 2 aliphatic rings. The van der Waals surface area contributed by atoms with Crippen LogP contribution in [0.15, 0.2) is 0 Å². The number of piperazine rings is 1. The van der Waals surface area contributed by atoms with E-state index < -0.39 is 0 Å². The number of hydrogen-bond donors (Lipinski definition) is 0. The predicted octanol–water partition coefficient (Wildman–Crippen LogP) is 1.63. The molecule has 3 heteroatoms. The van der Waals surface area contributed by atoms with E-state index in [0.29, 0.717) is 11.8 Å². The number of fused-ring (bicyclic) bond motifs is 1. The fourth-order valence-corrected chi connectivity index (χ4v) is 3.07. The van der Waals surface area contributed by atoms with Gasteiger partial charge >= 0.3 is 0 Å². The maximum absolute atomic E-state index is 12.2. The molecule has 3 atom stereocenters. The molecule has 0 aliphatic carbocycles. The van der Waals surface area contributed by atoms with Gasteiger partial charge in [-0.3, -0.25) is 9.69 Å². The zero-order chi connectivity index (χ0) is 12.6. The van der Waals surface area contributed by atoms with Crippen LogP contribution < -0.4 is 0 Å². The monoisotopic (exact) mass is 238 g/mol. The van der Waals surface area contributed by atoms with Crippen LogP contribution in [0.2, 0.25) is 0 Å². The smallest absolute Gasteiger partial charge is 0.155 e. The number of carbonyl (C=O) groups excluding carboxylic acids is 1. The molecule has 0 spiro atoms. The van der Waals surface area contributed by atoms with Gasteiger partial charge in [-0.2, -0.15) is 0 Å². The minimum absolute atomic E-state index is 0.181. The average molecular weight is 238 g/mol. The Hall–Kier alpha value is -0.410. The maximum atomic E-state index is 12.2. The molecule has 0 aromatic rings. The summed E-state index contributed by atoms with van der Waals surface area (Å²) >= 11 is 0. The fraction of sp³-hybridized carbons (Fsp3) is 0.929. The third-order valence-corrected chi connectivity index (χ3v) is 4.55. The van der Waals surface area contributed by atoms with Crippen LogP contribution in [0.4, 0.5) is 0 Å². The fourth-order valence-electron chi connectivity index (χ4n) is 3.07. The molecular formula is C14H26N2O. The summed E-state index contributed by atoms with van der Waals surface area (Å²) in [5.41, 5.74) is 0. The lowest BCUT2D eigenvalue weighted by atomic mass is 10.0. The minimum Gasteiger partial charge on any atom is -0.300 e. The highest BCUT2D eigenvalue weighted by Crippen LogP contribution is 2.29. The van der Waals surface area contributed by atoms with E-state index in [4.69, 9.17) is 0 Å². The van der Waals surface area contributed by atoms with Crippen LogP contribution in [-0.4, -0.2) is 53.8 Å². The Kier molecular flexibility index (Phi) is 3.88. The van der Waals surface area contributed by atoms with Crippen molar-refractivity contribution >= 4 is 5.78 Å². The molecule has 0 saturated carbocycles. The topological polar surface area (TPSA) is 23.6 Å². The van der Waals surface area contributed by atoms with Crippen LogP contribution in [-0.2, 0) is 4.79 Å². The van der Waals surface area contributed by atoms with Crippen LogP contribution >= 0.6 is 0 Å². The zero-order valence-corrected chi connectivity index (χ0v) is 11.6. The molecule has 0 N–H and O–H groups in total. The number of carbonyl (C=O) groups is 1. The van der Waals surface area contributed by atoms with E-state index in [-0.39, 0.29) is 12.0 Å². The van der Waals surface area contributed by atoms with Gasteiger partial charge in [-0.05, 0) is 25.8 Å². The summed E-state index contributed by atoms with van der Waals surface area (Å²) in [6.45, 7) is 13.1. The van der Waals surface area contributed by atoms with Crippen molar-refractivity contribution in [2.24, 2.45) is 11.8 Å². The molecule has 17 heavy (non-hydrogen) atoms. The first-order chi connectivity index (χ1) is 8.00. The summed E-state index contributed by atoms with van der Waals surface area (Å²) in [4.78, 5) is 17.1. The molecule has 0 aromatic heterocycles. The Balaban J connectivity index is 1.93. The van der Waals surface area contributed by atoms with Gasteiger partial charge in [-0.15, -0.1) is 0 Å². The standard InChI is InChI=1S/C14H26N2O/c1-10(2)5-6-15-7-8-16-12(4)11(3)14(17)13(16)9-15/h10-13H,5-9H2,1-4H3/t11?,12?,13-/m0/s1. The molecule has 0 bridgehead atoms. The summed E-state index contributed by atoms with van der Waals surface area (Å²) in [5.74, 6) is 1.45. The molecule has 98 valence electrons. The average Bonchev–Trinajstić information content (AvgIpc) is 2.52. The van der Waals surface area contributed by atoms with Crippen molar-refractivity contribution in [3.8, 4) is 0 Å².